The predicted molar refractivity (Wildman–Crippen MR) is 139 cm³/mol. The maximum atomic E-state index is 13.8. The number of fused-ring (bicyclic) bond motifs is 1. The fraction of sp³-hybridized carbons (Fsp3) is 0.214. The molecule has 1 aliphatic heterocycles. The Labute approximate surface area is 220 Å². The number of carbonyl (C=O) groups is 1. The summed E-state index contributed by atoms with van der Waals surface area (Å²) in [5.74, 6) is -1.24. The summed E-state index contributed by atoms with van der Waals surface area (Å²) in [4.78, 5) is 15.1. The van der Waals surface area contributed by atoms with Crippen LogP contribution in [0.3, 0.4) is 0 Å². The number of nitrogens with zero attached hydrogens (tertiary/aromatic N) is 4. The van der Waals surface area contributed by atoms with Crippen molar-refractivity contribution in [3.63, 3.8) is 0 Å². The first kappa shape index (κ1) is 25.7. The second-order valence-electron chi connectivity index (χ2n) is 9.23. The summed E-state index contributed by atoms with van der Waals surface area (Å²) >= 11 is 0. The number of benzene rings is 3. The minimum atomic E-state index is -3.88. The number of sulfonamides is 1. The molecule has 0 N–H and O–H groups in total. The third-order valence-corrected chi connectivity index (χ3v) is 8.61. The molecule has 1 aromatic heterocycles. The van der Waals surface area contributed by atoms with Crippen molar-refractivity contribution in [2.24, 2.45) is 7.05 Å². The first-order valence-corrected chi connectivity index (χ1v) is 13.5. The van der Waals surface area contributed by atoms with E-state index in [4.69, 9.17) is 0 Å². The number of amides is 1. The number of anilines is 1. The maximum absolute atomic E-state index is 13.8. The number of aryl methyl sites for hydroxylation is 2. The van der Waals surface area contributed by atoms with Gasteiger partial charge in [0.25, 0.3) is 5.91 Å². The zero-order valence-electron chi connectivity index (χ0n) is 20.9. The second kappa shape index (κ2) is 10.1. The first-order chi connectivity index (χ1) is 18.1. The third kappa shape index (κ3) is 4.84. The smallest absolute Gasteiger partial charge is 0.258 e. The van der Waals surface area contributed by atoms with Crippen molar-refractivity contribution in [1.82, 2.24) is 14.1 Å². The van der Waals surface area contributed by atoms with Gasteiger partial charge in [-0.25, -0.2) is 17.2 Å². The molecule has 0 bridgehead atoms. The molecule has 0 spiro atoms. The number of halogens is 2. The lowest BCUT2D eigenvalue weighted by atomic mass is 10.1. The van der Waals surface area contributed by atoms with Crippen molar-refractivity contribution >= 4 is 21.6 Å². The van der Waals surface area contributed by atoms with Crippen LogP contribution in [0.2, 0.25) is 0 Å². The largest absolute Gasteiger partial charge is 0.302 e. The van der Waals surface area contributed by atoms with Gasteiger partial charge < -0.3 is 4.90 Å². The Morgan fingerprint density at radius 1 is 1.03 bits per heavy atom. The van der Waals surface area contributed by atoms with Gasteiger partial charge in [-0.3, -0.25) is 9.48 Å². The van der Waals surface area contributed by atoms with E-state index in [1.807, 2.05) is 18.2 Å². The SMILES string of the molecule is Cc1cc(S(=O)(=O)N2CCc3c(c(CN(C(=O)c4ccc(F)cc4)c4ccccc4)nn3C)C2)ccc1F. The monoisotopic (exact) mass is 536 g/mol. The Morgan fingerprint density at radius 2 is 1.74 bits per heavy atom. The summed E-state index contributed by atoms with van der Waals surface area (Å²) in [6.07, 6.45) is 0.440. The van der Waals surface area contributed by atoms with Gasteiger partial charge in [-0.15, -0.1) is 0 Å². The van der Waals surface area contributed by atoms with Crippen LogP contribution in [0.25, 0.3) is 0 Å². The van der Waals surface area contributed by atoms with Crippen molar-refractivity contribution in [3.8, 4) is 0 Å². The van der Waals surface area contributed by atoms with E-state index < -0.39 is 21.7 Å². The van der Waals surface area contributed by atoms with Gasteiger partial charge in [0, 0.05) is 49.1 Å². The number of carbonyl (C=O) groups excluding carboxylic acids is 1. The number of para-hydroxylation sites is 1. The van der Waals surface area contributed by atoms with Gasteiger partial charge in [0.2, 0.25) is 10.0 Å². The third-order valence-electron chi connectivity index (χ3n) is 6.77. The first-order valence-electron chi connectivity index (χ1n) is 12.1. The lowest BCUT2D eigenvalue weighted by Crippen LogP contribution is -2.37. The lowest BCUT2D eigenvalue weighted by Gasteiger charge is -2.28. The van der Waals surface area contributed by atoms with Gasteiger partial charge in [-0.05, 0) is 67.1 Å². The van der Waals surface area contributed by atoms with E-state index in [0.29, 0.717) is 23.4 Å². The molecule has 0 fully saturated rings. The Bertz CT molecular complexity index is 1600. The van der Waals surface area contributed by atoms with Crippen LogP contribution in [0, 0.1) is 18.6 Å². The van der Waals surface area contributed by atoms with E-state index in [9.17, 15) is 22.0 Å². The average Bonchev–Trinajstić information content (AvgIpc) is 3.23. The van der Waals surface area contributed by atoms with E-state index >= 15 is 0 Å². The van der Waals surface area contributed by atoms with E-state index in [-0.39, 0.29) is 36.0 Å². The van der Waals surface area contributed by atoms with Crippen LogP contribution in [-0.2, 0) is 36.6 Å². The summed E-state index contributed by atoms with van der Waals surface area (Å²) in [7, 11) is -2.09. The summed E-state index contributed by atoms with van der Waals surface area (Å²) in [6, 6.07) is 18.2. The molecule has 0 aliphatic carbocycles. The molecule has 196 valence electrons. The molecule has 0 saturated carbocycles. The summed E-state index contributed by atoms with van der Waals surface area (Å²) in [5.41, 5.74) is 3.39. The quantitative estimate of drug-likeness (QED) is 0.361. The molecular weight excluding hydrogens is 510 g/mol. The van der Waals surface area contributed by atoms with Crippen LogP contribution in [-0.4, -0.2) is 35.0 Å². The molecule has 5 rings (SSSR count). The number of hydrogen-bond donors (Lipinski definition) is 0. The Morgan fingerprint density at radius 3 is 2.42 bits per heavy atom. The van der Waals surface area contributed by atoms with E-state index in [0.717, 1.165) is 17.3 Å². The molecule has 0 radical (unpaired) electrons. The van der Waals surface area contributed by atoms with Crippen LogP contribution in [0.15, 0.2) is 77.7 Å². The van der Waals surface area contributed by atoms with Gasteiger partial charge in [-0.1, -0.05) is 18.2 Å². The maximum Gasteiger partial charge on any atom is 0.258 e. The summed E-state index contributed by atoms with van der Waals surface area (Å²) < 4.78 is 57.2. The molecule has 1 aliphatic rings. The van der Waals surface area contributed by atoms with Gasteiger partial charge in [-0.2, -0.15) is 9.40 Å². The van der Waals surface area contributed by atoms with Crippen molar-refractivity contribution < 1.29 is 22.0 Å². The Balaban J connectivity index is 1.49. The van der Waals surface area contributed by atoms with Crippen LogP contribution >= 0.6 is 0 Å². The second-order valence-corrected chi connectivity index (χ2v) is 11.2. The van der Waals surface area contributed by atoms with Gasteiger partial charge >= 0.3 is 0 Å². The highest BCUT2D eigenvalue weighted by molar-refractivity contribution is 7.89. The molecule has 0 atom stereocenters. The fourth-order valence-electron chi connectivity index (χ4n) is 4.69. The molecule has 10 heteroatoms. The highest BCUT2D eigenvalue weighted by atomic mass is 32.2. The minimum absolute atomic E-state index is 0.0303. The minimum Gasteiger partial charge on any atom is -0.302 e. The van der Waals surface area contributed by atoms with Crippen molar-refractivity contribution in [3.05, 3.63) is 113 Å². The zero-order chi connectivity index (χ0) is 27.0. The standard InChI is InChI=1S/C28H26F2N4O3S/c1-19-16-23(12-13-25(19)30)38(36,37)33-15-14-27-24(17-33)26(31-32(27)2)18-34(22-6-4-3-5-7-22)28(35)20-8-10-21(29)11-9-20/h3-13,16H,14-15,17-18H2,1-2H3. The van der Waals surface area contributed by atoms with Gasteiger partial charge in [0.05, 0.1) is 17.1 Å². The van der Waals surface area contributed by atoms with Crippen molar-refractivity contribution in [2.75, 3.05) is 11.4 Å². The normalized spacial score (nSPS) is 13.8. The predicted octanol–water partition coefficient (Wildman–Crippen LogP) is 4.60. The molecule has 4 aromatic rings. The van der Waals surface area contributed by atoms with Crippen LogP contribution in [0.1, 0.15) is 32.9 Å². The molecule has 0 unspecified atom stereocenters. The van der Waals surface area contributed by atoms with Crippen LogP contribution < -0.4 is 4.90 Å². The average molecular weight is 537 g/mol. The van der Waals surface area contributed by atoms with E-state index in [1.54, 1.807) is 28.8 Å². The number of aromatic nitrogens is 2. The van der Waals surface area contributed by atoms with Gasteiger partial charge in [0.1, 0.15) is 11.6 Å². The molecule has 1 amide bonds. The Kier molecular flexibility index (Phi) is 6.85. The number of hydrogen-bond acceptors (Lipinski definition) is 4. The summed E-state index contributed by atoms with van der Waals surface area (Å²) in [6.45, 7) is 1.94. The van der Waals surface area contributed by atoms with E-state index in [2.05, 4.69) is 5.10 Å². The topological polar surface area (TPSA) is 75.5 Å². The molecule has 0 saturated heterocycles. The molecule has 3 aromatic carbocycles. The highest BCUT2D eigenvalue weighted by Gasteiger charge is 2.33. The lowest BCUT2D eigenvalue weighted by molar-refractivity contribution is 0.0984. The molecule has 38 heavy (non-hydrogen) atoms. The van der Waals surface area contributed by atoms with Crippen LogP contribution in [0.4, 0.5) is 14.5 Å². The van der Waals surface area contributed by atoms with E-state index in [1.165, 1.54) is 47.6 Å². The molecule has 7 nitrogen and oxygen atoms in total. The van der Waals surface area contributed by atoms with Crippen molar-refractivity contribution in [1.29, 1.82) is 0 Å². The van der Waals surface area contributed by atoms with Gasteiger partial charge in [0.15, 0.2) is 0 Å². The molecule has 2 heterocycles. The van der Waals surface area contributed by atoms with Crippen molar-refractivity contribution in [2.45, 2.75) is 31.3 Å². The van der Waals surface area contributed by atoms with Crippen LogP contribution in [0.5, 0.6) is 0 Å². The zero-order valence-corrected chi connectivity index (χ0v) is 21.8. The highest BCUT2D eigenvalue weighted by Crippen LogP contribution is 2.30. The number of rotatable bonds is 6. The summed E-state index contributed by atoms with van der Waals surface area (Å²) in [5, 5.41) is 4.65. The molecular formula is C28H26F2N4O3S. The Hall–Kier alpha value is -3.89. The fourth-order valence-corrected chi connectivity index (χ4v) is 6.18.